The third-order valence-electron chi connectivity index (χ3n) is 5.23. The molecule has 30 heavy (non-hydrogen) atoms. The zero-order chi connectivity index (χ0) is 20.8. The van der Waals surface area contributed by atoms with Crippen LogP contribution in [0.4, 0.5) is 0 Å². The van der Waals surface area contributed by atoms with E-state index in [9.17, 15) is 9.59 Å². The first-order chi connectivity index (χ1) is 14.7. The molecular weight excluding hydrogens is 380 g/mol. The van der Waals surface area contributed by atoms with Gasteiger partial charge in [-0.2, -0.15) is 0 Å². The highest BCUT2D eigenvalue weighted by molar-refractivity contribution is 5.95. The summed E-state index contributed by atoms with van der Waals surface area (Å²) >= 11 is 0. The van der Waals surface area contributed by atoms with Crippen molar-refractivity contribution >= 4 is 22.6 Å². The molecule has 0 aliphatic carbocycles. The Morgan fingerprint density at radius 1 is 0.900 bits per heavy atom. The predicted octanol–water partition coefficient (Wildman–Crippen LogP) is 3.61. The zero-order valence-electron chi connectivity index (χ0n) is 16.6. The van der Waals surface area contributed by atoms with E-state index in [1.165, 1.54) is 5.39 Å². The summed E-state index contributed by atoms with van der Waals surface area (Å²) < 4.78 is 11.1. The lowest BCUT2D eigenvalue weighted by molar-refractivity contribution is -0.128. The maximum absolute atomic E-state index is 12.3. The van der Waals surface area contributed by atoms with Crippen molar-refractivity contribution in [3.8, 4) is 5.75 Å². The third kappa shape index (κ3) is 4.96. The van der Waals surface area contributed by atoms with Gasteiger partial charge in [-0.05, 0) is 53.4 Å². The lowest BCUT2D eigenvalue weighted by atomic mass is 10.00. The van der Waals surface area contributed by atoms with Crippen LogP contribution in [0.15, 0.2) is 66.7 Å². The van der Waals surface area contributed by atoms with Crippen molar-refractivity contribution in [3.05, 3.63) is 77.9 Å². The number of hydrogen-bond donors (Lipinski definition) is 2. The molecular formula is C24H24N2O4. The Morgan fingerprint density at radius 3 is 2.40 bits per heavy atom. The molecule has 0 radical (unpaired) electrons. The summed E-state index contributed by atoms with van der Waals surface area (Å²) in [7, 11) is 0. The first kappa shape index (κ1) is 19.9. The van der Waals surface area contributed by atoms with Gasteiger partial charge in [0.15, 0.2) is 0 Å². The van der Waals surface area contributed by atoms with E-state index in [0.717, 1.165) is 16.7 Å². The van der Waals surface area contributed by atoms with Crippen LogP contribution in [0.2, 0.25) is 0 Å². The van der Waals surface area contributed by atoms with Crippen molar-refractivity contribution in [3.63, 3.8) is 0 Å². The van der Waals surface area contributed by atoms with Crippen LogP contribution < -0.4 is 15.6 Å². The molecule has 0 saturated carbocycles. The number of hydrazine groups is 1. The van der Waals surface area contributed by atoms with Crippen LogP contribution in [-0.2, 0) is 16.1 Å². The minimum Gasteiger partial charge on any atom is -0.489 e. The van der Waals surface area contributed by atoms with Crippen LogP contribution in [-0.4, -0.2) is 25.0 Å². The van der Waals surface area contributed by atoms with E-state index in [2.05, 4.69) is 23.0 Å². The van der Waals surface area contributed by atoms with Gasteiger partial charge in [0.1, 0.15) is 12.4 Å². The normalized spacial score (nSPS) is 14.3. The fraction of sp³-hybridized carbons (Fsp3) is 0.250. The largest absolute Gasteiger partial charge is 0.489 e. The molecule has 2 N–H and O–H groups in total. The summed E-state index contributed by atoms with van der Waals surface area (Å²) in [6, 6.07) is 21.2. The summed E-state index contributed by atoms with van der Waals surface area (Å²) in [5, 5.41) is 2.30. The van der Waals surface area contributed by atoms with Gasteiger partial charge in [-0.1, -0.05) is 42.5 Å². The monoisotopic (exact) mass is 404 g/mol. The topological polar surface area (TPSA) is 76.7 Å². The number of carbonyl (C=O) groups excluding carboxylic acids is 2. The second-order valence-corrected chi connectivity index (χ2v) is 7.32. The summed E-state index contributed by atoms with van der Waals surface area (Å²) in [5.41, 5.74) is 6.41. The molecule has 1 saturated heterocycles. The molecule has 4 rings (SSSR count). The number of benzene rings is 3. The van der Waals surface area contributed by atoms with E-state index in [1.807, 2.05) is 42.5 Å². The highest BCUT2D eigenvalue weighted by Crippen LogP contribution is 2.21. The SMILES string of the molecule is O=C(NNC(=O)C1CCOCC1)c1ccc(COc2ccc3ccccc3c2)cc1. The lowest BCUT2D eigenvalue weighted by Gasteiger charge is -2.21. The predicted molar refractivity (Wildman–Crippen MR) is 114 cm³/mol. The number of fused-ring (bicyclic) bond motifs is 1. The van der Waals surface area contributed by atoms with Gasteiger partial charge in [0.05, 0.1) is 0 Å². The number of rotatable bonds is 5. The van der Waals surface area contributed by atoms with Crippen molar-refractivity contribution in [2.75, 3.05) is 13.2 Å². The molecule has 0 aromatic heterocycles. The Morgan fingerprint density at radius 2 is 1.63 bits per heavy atom. The molecule has 1 fully saturated rings. The number of nitrogens with one attached hydrogen (secondary N) is 2. The van der Waals surface area contributed by atoms with E-state index < -0.39 is 0 Å². The van der Waals surface area contributed by atoms with Crippen LogP contribution in [0.25, 0.3) is 10.8 Å². The van der Waals surface area contributed by atoms with E-state index in [4.69, 9.17) is 9.47 Å². The average Bonchev–Trinajstić information content (AvgIpc) is 2.81. The van der Waals surface area contributed by atoms with Gasteiger partial charge in [0, 0.05) is 24.7 Å². The first-order valence-corrected chi connectivity index (χ1v) is 10.1. The molecule has 0 spiro atoms. The number of carbonyl (C=O) groups is 2. The molecule has 6 heteroatoms. The van der Waals surface area contributed by atoms with Crippen LogP contribution in [0, 0.1) is 5.92 Å². The van der Waals surface area contributed by atoms with Crippen LogP contribution >= 0.6 is 0 Å². The van der Waals surface area contributed by atoms with Gasteiger partial charge in [-0.15, -0.1) is 0 Å². The first-order valence-electron chi connectivity index (χ1n) is 10.1. The minimum absolute atomic E-state index is 0.117. The molecule has 0 bridgehead atoms. The summed E-state index contributed by atoms with van der Waals surface area (Å²) in [6.07, 6.45) is 1.35. The Balaban J connectivity index is 1.28. The fourth-order valence-corrected chi connectivity index (χ4v) is 3.43. The van der Waals surface area contributed by atoms with Gasteiger partial charge in [0.2, 0.25) is 5.91 Å². The van der Waals surface area contributed by atoms with Gasteiger partial charge < -0.3 is 9.47 Å². The van der Waals surface area contributed by atoms with Crippen molar-refractivity contribution in [2.24, 2.45) is 5.92 Å². The third-order valence-corrected chi connectivity index (χ3v) is 5.23. The summed E-state index contributed by atoms with van der Waals surface area (Å²) in [6.45, 7) is 1.56. The molecule has 6 nitrogen and oxygen atoms in total. The van der Waals surface area contributed by atoms with E-state index in [0.29, 0.717) is 38.2 Å². The lowest BCUT2D eigenvalue weighted by Crippen LogP contribution is -2.45. The van der Waals surface area contributed by atoms with Gasteiger partial charge in [-0.25, -0.2) is 0 Å². The fourth-order valence-electron chi connectivity index (χ4n) is 3.43. The second-order valence-electron chi connectivity index (χ2n) is 7.32. The van der Waals surface area contributed by atoms with Crippen molar-refractivity contribution < 1.29 is 19.1 Å². The molecule has 1 heterocycles. The van der Waals surface area contributed by atoms with Crippen LogP contribution in [0.5, 0.6) is 5.75 Å². The summed E-state index contributed by atoms with van der Waals surface area (Å²) in [4.78, 5) is 24.4. The highest BCUT2D eigenvalue weighted by Gasteiger charge is 2.21. The van der Waals surface area contributed by atoms with E-state index in [-0.39, 0.29) is 17.7 Å². The van der Waals surface area contributed by atoms with Gasteiger partial charge in [-0.3, -0.25) is 20.4 Å². The molecule has 1 aliphatic heterocycles. The standard InChI is InChI=1S/C24H24N2O4/c27-23(25-26-24(28)20-11-13-29-14-12-20)19-7-5-17(6-8-19)16-30-22-10-9-18-3-1-2-4-21(18)15-22/h1-10,15,20H,11-14,16H2,(H,25,27)(H,26,28). The molecule has 3 aromatic carbocycles. The Bertz CT molecular complexity index is 1030. The maximum atomic E-state index is 12.3. The maximum Gasteiger partial charge on any atom is 0.269 e. The number of amides is 2. The zero-order valence-corrected chi connectivity index (χ0v) is 16.6. The average molecular weight is 404 g/mol. The second kappa shape index (κ2) is 9.41. The number of ether oxygens (including phenoxy) is 2. The summed E-state index contributed by atoms with van der Waals surface area (Å²) in [5.74, 6) is 0.157. The smallest absolute Gasteiger partial charge is 0.269 e. The van der Waals surface area contributed by atoms with Crippen molar-refractivity contribution in [1.82, 2.24) is 10.9 Å². The number of hydrogen-bond acceptors (Lipinski definition) is 4. The Hall–Kier alpha value is -3.38. The minimum atomic E-state index is -0.350. The molecule has 154 valence electrons. The Kier molecular flexibility index (Phi) is 6.25. The van der Waals surface area contributed by atoms with Gasteiger partial charge in [0.25, 0.3) is 5.91 Å². The van der Waals surface area contributed by atoms with Crippen molar-refractivity contribution in [1.29, 1.82) is 0 Å². The highest BCUT2D eigenvalue weighted by atomic mass is 16.5. The van der Waals surface area contributed by atoms with E-state index in [1.54, 1.807) is 12.1 Å². The van der Waals surface area contributed by atoms with E-state index >= 15 is 0 Å². The van der Waals surface area contributed by atoms with Crippen LogP contribution in [0.3, 0.4) is 0 Å². The van der Waals surface area contributed by atoms with Gasteiger partial charge >= 0.3 is 0 Å². The molecule has 0 atom stereocenters. The Labute approximate surface area is 175 Å². The van der Waals surface area contributed by atoms with Crippen LogP contribution in [0.1, 0.15) is 28.8 Å². The molecule has 2 amide bonds. The quantitative estimate of drug-likeness (QED) is 0.637. The molecule has 1 aliphatic rings. The molecule has 3 aromatic rings. The van der Waals surface area contributed by atoms with Crippen molar-refractivity contribution in [2.45, 2.75) is 19.4 Å². The molecule has 0 unspecified atom stereocenters.